The lowest BCUT2D eigenvalue weighted by molar-refractivity contribution is -0.135. The number of nitrogens with zero attached hydrogens (tertiary/aromatic N) is 1. The molecule has 1 aliphatic carbocycles. The first-order valence-corrected chi connectivity index (χ1v) is 9.46. The number of carbonyl (C=O) groups excluding carboxylic acids is 1. The van der Waals surface area contributed by atoms with Gasteiger partial charge in [0.15, 0.2) is 0 Å². The molecular weight excluding hydrogens is 366 g/mol. The number of hydrogen-bond acceptors (Lipinski definition) is 3. The maximum absolute atomic E-state index is 12.9. The fraction of sp³-hybridized carbons (Fsp3) is 0.167. The van der Waals surface area contributed by atoms with Crippen LogP contribution in [0.25, 0.3) is 11.1 Å². The Balaban J connectivity index is 1.58. The van der Waals surface area contributed by atoms with Crippen molar-refractivity contribution in [3.8, 4) is 11.1 Å². The van der Waals surface area contributed by atoms with E-state index in [2.05, 4.69) is 12.1 Å². The minimum absolute atomic E-state index is 0.0742. The summed E-state index contributed by atoms with van der Waals surface area (Å²) >= 11 is 0. The number of ether oxygens (including phenoxy) is 1. The molecule has 5 nitrogen and oxygen atoms in total. The van der Waals surface area contributed by atoms with Crippen LogP contribution < -0.4 is 4.90 Å². The van der Waals surface area contributed by atoms with Gasteiger partial charge in [0.1, 0.15) is 13.2 Å². The van der Waals surface area contributed by atoms with Gasteiger partial charge in [0.05, 0.1) is 5.69 Å². The number of aliphatic carboxylic acids is 1. The van der Waals surface area contributed by atoms with Crippen LogP contribution in [-0.4, -0.2) is 30.3 Å². The molecule has 0 spiro atoms. The average molecular weight is 387 g/mol. The van der Waals surface area contributed by atoms with Gasteiger partial charge in [-0.2, -0.15) is 0 Å². The van der Waals surface area contributed by atoms with E-state index in [0.29, 0.717) is 5.69 Å². The summed E-state index contributed by atoms with van der Waals surface area (Å²) in [6.45, 7) is 1.53. The minimum Gasteiger partial charge on any atom is -0.480 e. The first-order chi connectivity index (χ1) is 14.1. The molecule has 0 aliphatic heterocycles. The minimum atomic E-state index is -1.10. The van der Waals surface area contributed by atoms with Crippen LogP contribution in [0.4, 0.5) is 10.5 Å². The molecule has 0 aromatic heterocycles. The molecule has 3 aromatic rings. The van der Waals surface area contributed by atoms with E-state index in [0.717, 1.165) is 27.8 Å². The van der Waals surface area contributed by atoms with Gasteiger partial charge in [0.25, 0.3) is 0 Å². The number of carboxylic acid groups (broad SMARTS) is 1. The molecule has 0 saturated carbocycles. The maximum atomic E-state index is 12.9. The van der Waals surface area contributed by atoms with Crippen LogP contribution in [0.2, 0.25) is 0 Å². The third kappa shape index (κ3) is 3.59. The Morgan fingerprint density at radius 3 is 2.03 bits per heavy atom. The molecule has 1 aliphatic rings. The van der Waals surface area contributed by atoms with Crippen molar-refractivity contribution in [2.45, 2.75) is 12.8 Å². The van der Waals surface area contributed by atoms with Crippen LogP contribution in [0.3, 0.4) is 0 Å². The number of carboxylic acids is 1. The average Bonchev–Trinajstić information content (AvgIpc) is 3.05. The molecule has 4 rings (SSSR count). The summed E-state index contributed by atoms with van der Waals surface area (Å²) in [6, 6.07) is 23.3. The molecule has 0 unspecified atom stereocenters. The predicted octanol–water partition coefficient (Wildman–Crippen LogP) is 4.84. The fourth-order valence-electron chi connectivity index (χ4n) is 3.92. The fourth-order valence-corrected chi connectivity index (χ4v) is 3.92. The molecule has 146 valence electrons. The molecule has 0 radical (unpaired) electrons. The monoisotopic (exact) mass is 387 g/mol. The van der Waals surface area contributed by atoms with Crippen LogP contribution in [0.5, 0.6) is 0 Å². The second-order valence-electron chi connectivity index (χ2n) is 7.07. The molecule has 0 saturated heterocycles. The van der Waals surface area contributed by atoms with E-state index in [-0.39, 0.29) is 12.5 Å². The molecule has 0 heterocycles. The van der Waals surface area contributed by atoms with Crippen molar-refractivity contribution in [1.29, 1.82) is 0 Å². The Labute approximate surface area is 169 Å². The van der Waals surface area contributed by atoms with Gasteiger partial charge in [-0.1, -0.05) is 66.7 Å². The highest BCUT2D eigenvalue weighted by atomic mass is 16.6. The molecule has 1 amide bonds. The quantitative estimate of drug-likeness (QED) is 0.681. The number of aryl methyl sites for hydroxylation is 1. The Hall–Kier alpha value is -3.60. The second kappa shape index (κ2) is 7.80. The Kier molecular flexibility index (Phi) is 5.04. The number of rotatable bonds is 5. The Morgan fingerprint density at radius 2 is 1.45 bits per heavy atom. The number of anilines is 1. The number of benzene rings is 3. The van der Waals surface area contributed by atoms with Crippen molar-refractivity contribution in [3.05, 3.63) is 89.5 Å². The number of carbonyl (C=O) groups is 2. The van der Waals surface area contributed by atoms with E-state index in [1.165, 1.54) is 4.90 Å². The SMILES string of the molecule is Cc1ccccc1N(CC(=O)O)C(=O)OCC1c2ccccc2-c2ccccc21. The van der Waals surface area contributed by atoms with Crippen molar-refractivity contribution < 1.29 is 19.4 Å². The van der Waals surface area contributed by atoms with Crippen LogP contribution in [0.15, 0.2) is 72.8 Å². The summed E-state index contributed by atoms with van der Waals surface area (Å²) in [5.41, 5.74) is 5.86. The topological polar surface area (TPSA) is 66.8 Å². The summed E-state index contributed by atoms with van der Waals surface area (Å²) in [4.78, 5) is 25.4. The summed E-state index contributed by atoms with van der Waals surface area (Å²) in [5.74, 6) is -1.17. The highest BCUT2D eigenvalue weighted by Crippen LogP contribution is 2.44. The van der Waals surface area contributed by atoms with Gasteiger partial charge in [0, 0.05) is 5.92 Å². The number of fused-ring (bicyclic) bond motifs is 3. The Morgan fingerprint density at radius 1 is 0.897 bits per heavy atom. The number of para-hydroxylation sites is 1. The summed E-state index contributed by atoms with van der Waals surface area (Å²) in [6.07, 6.45) is -0.663. The van der Waals surface area contributed by atoms with Gasteiger partial charge in [-0.25, -0.2) is 4.79 Å². The van der Waals surface area contributed by atoms with Crippen LogP contribution in [0, 0.1) is 6.92 Å². The third-order valence-electron chi connectivity index (χ3n) is 5.26. The van der Waals surface area contributed by atoms with E-state index < -0.39 is 18.6 Å². The molecular formula is C24H21NO4. The predicted molar refractivity (Wildman–Crippen MR) is 111 cm³/mol. The van der Waals surface area contributed by atoms with E-state index in [9.17, 15) is 14.7 Å². The van der Waals surface area contributed by atoms with Gasteiger partial charge >= 0.3 is 12.1 Å². The molecule has 3 aromatic carbocycles. The lowest BCUT2D eigenvalue weighted by Gasteiger charge is -2.23. The zero-order valence-electron chi connectivity index (χ0n) is 16.0. The lowest BCUT2D eigenvalue weighted by atomic mass is 9.98. The van der Waals surface area contributed by atoms with Gasteiger partial charge < -0.3 is 9.84 Å². The highest BCUT2D eigenvalue weighted by molar-refractivity contribution is 5.93. The number of amides is 1. The zero-order valence-corrected chi connectivity index (χ0v) is 16.0. The smallest absolute Gasteiger partial charge is 0.414 e. The maximum Gasteiger partial charge on any atom is 0.414 e. The van der Waals surface area contributed by atoms with Gasteiger partial charge in [-0.3, -0.25) is 9.69 Å². The second-order valence-corrected chi connectivity index (χ2v) is 7.07. The first-order valence-electron chi connectivity index (χ1n) is 9.46. The molecule has 5 heteroatoms. The lowest BCUT2D eigenvalue weighted by Crippen LogP contribution is -2.37. The van der Waals surface area contributed by atoms with E-state index in [1.54, 1.807) is 12.1 Å². The van der Waals surface area contributed by atoms with Gasteiger partial charge in [-0.05, 0) is 40.8 Å². The van der Waals surface area contributed by atoms with Crippen LogP contribution in [-0.2, 0) is 9.53 Å². The van der Waals surface area contributed by atoms with Crippen molar-refractivity contribution in [2.75, 3.05) is 18.1 Å². The first kappa shape index (κ1) is 18.7. The normalized spacial score (nSPS) is 12.2. The molecule has 29 heavy (non-hydrogen) atoms. The van der Waals surface area contributed by atoms with Gasteiger partial charge in [0.2, 0.25) is 0 Å². The largest absolute Gasteiger partial charge is 0.480 e. The third-order valence-corrected chi connectivity index (χ3v) is 5.26. The number of hydrogen-bond donors (Lipinski definition) is 1. The molecule has 0 bridgehead atoms. The van der Waals surface area contributed by atoms with Crippen LogP contribution in [0.1, 0.15) is 22.6 Å². The molecule has 0 fully saturated rings. The van der Waals surface area contributed by atoms with Crippen molar-refractivity contribution >= 4 is 17.7 Å². The van der Waals surface area contributed by atoms with Crippen molar-refractivity contribution in [1.82, 2.24) is 0 Å². The van der Waals surface area contributed by atoms with Crippen molar-refractivity contribution in [3.63, 3.8) is 0 Å². The molecule has 1 N–H and O–H groups in total. The van der Waals surface area contributed by atoms with Crippen LogP contribution >= 0.6 is 0 Å². The molecule has 0 atom stereocenters. The summed E-state index contributed by atoms with van der Waals surface area (Å²) in [5, 5.41) is 9.28. The van der Waals surface area contributed by atoms with Gasteiger partial charge in [-0.15, -0.1) is 0 Å². The zero-order chi connectivity index (χ0) is 20.4. The van der Waals surface area contributed by atoms with Crippen molar-refractivity contribution in [2.24, 2.45) is 0 Å². The Bertz CT molecular complexity index is 1030. The summed E-state index contributed by atoms with van der Waals surface area (Å²) < 4.78 is 5.64. The van der Waals surface area contributed by atoms with E-state index in [4.69, 9.17) is 4.74 Å². The standard InChI is InChI=1S/C24H21NO4/c1-16-8-2-7-13-22(16)25(14-23(26)27)24(28)29-15-21-19-11-5-3-9-17(19)18-10-4-6-12-20(18)21/h2-13,21H,14-15H2,1H3,(H,26,27). The highest BCUT2D eigenvalue weighted by Gasteiger charge is 2.30. The summed E-state index contributed by atoms with van der Waals surface area (Å²) in [7, 11) is 0. The van der Waals surface area contributed by atoms with E-state index >= 15 is 0 Å². The van der Waals surface area contributed by atoms with E-state index in [1.807, 2.05) is 55.5 Å².